The Hall–Kier alpha value is -3.16. The van der Waals surface area contributed by atoms with Crippen LogP contribution in [0.2, 0.25) is 0 Å². The van der Waals surface area contributed by atoms with Crippen molar-refractivity contribution in [2.45, 2.75) is 32.2 Å². The average Bonchev–Trinajstić information content (AvgIpc) is 3.01. The summed E-state index contributed by atoms with van der Waals surface area (Å²) in [4.78, 5) is 15.7. The van der Waals surface area contributed by atoms with Crippen molar-refractivity contribution < 1.29 is 9.55 Å². The van der Waals surface area contributed by atoms with E-state index in [2.05, 4.69) is 27.3 Å². The molecule has 1 aliphatic rings. The molecule has 0 atom stereocenters. The third-order valence-corrected chi connectivity index (χ3v) is 5.27. The van der Waals surface area contributed by atoms with Crippen molar-refractivity contribution in [2.24, 2.45) is 0 Å². The van der Waals surface area contributed by atoms with Gasteiger partial charge in [-0.1, -0.05) is 43.2 Å². The summed E-state index contributed by atoms with van der Waals surface area (Å²) in [6.45, 7) is 2.26. The van der Waals surface area contributed by atoms with E-state index in [0.717, 1.165) is 50.0 Å². The first-order valence-electron chi connectivity index (χ1n) is 9.59. The third-order valence-electron chi connectivity index (χ3n) is 5.27. The number of nitro benzene ring substituents is 1. The summed E-state index contributed by atoms with van der Waals surface area (Å²) >= 11 is 0. The van der Waals surface area contributed by atoms with Crippen molar-refractivity contribution in [1.29, 1.82) is 0 Å². The van der Waals surface area contributed by atoms with Crippen LogP contribution in [0, 0.1) is 10.1 Å². The lowest BCUT2D eigenvalue weighted by atomic mass is 10.1. The van der Waals surface area contributed by atoms with E-state index < -0.39 is 0 Å². The molecule has 146 valence electrons. The van der Waals surface area contributed by atoms with E-state index in [4.69, 9.17) is 4.63 Å². The highest BCUT2D eigenvalue weighted by molar-refractivity contribution is 6.00. The van der Waals surface area contributed by atoms with Crippen molar-refractivity contribution in [1.82, 2.24) is 10.3 Å². The normalized spacial score (nSPS) is 14.8. The van der Waals surface area contributed by atoms with Crippen LogP contribution in [0.4, 0.5) is 17.1 Å². The van der Waals surface area contributed by atoms with Gasteiger partial charge in [0.25, 0.3) is 0 Å². The van der Waals surface area contributed by atoms with Crippen LogP contribution in [0.1, 0.15) is 31.2 Å². The van der Waals surface area contributed by atoms with Crippen LogP contribution in [-0.2, 0) is 6.54 Å². The maximum Gasteiger partial charge on any atom is 0.323 e. The quantitative estimate of drug-likeness (QED) is 0.484. The maximum atomic E-state index is 11.9. The van der Waals surface area contributed by atoms with Crippen LogP contribution in [0.25, 0.3) is 11.0 Å². The molecule has 0 aliphatic carbocycles. The Morgan fingerprint density at radius 3 is 2.46 bits per heavy atom. The van der Waals surface area contributed by atoms with Crippen molar-refractivity contribution >= 4 is 28.1 Å². The first kappa shape index (κ1) is 18.2. The number of anilines is 2. The van der Waals surface area contributed by atoms with E-state index in [9.17, 15) is 10.1 Å². The second-order valence-electron chi connectivity index (χ2n) is 7.22. The highest BCUT2D eigenvalue weighted by Gasteiger charge is 2.30. The number of benzene rings is 2. The van der Waals surface area contributed by atoms with Gasteiger partial charge < -0.3 is 9.80 Å². The summed E-state index contributed by atoms with van der Waals surface area (Å²) in [6.07, 6.45) is 4.36. The number of aromatic nitrogens is 2. The molecular weight excluding hydrogens is 358 g/mol. The van der Waals surface area contributed by atoms with Crippen LogP contribution < -0.4 is 9.80 Å². The topological polar surface area (TPSA) is 88.5 Å². The minimum atomic E-state index is -0.367. The minimum Gasteiger partial charge on any atom is -0.368 e. The Morgan fingerprint density at radius 1 is 1.11 bits per heavy atom. The van der Waals surface area contributed by atoms with Crippen LogP contribution in [0.15, 0.2) is 41.0 Å². The summed E-state index contributed by atoms with van der Waals surface area (Å²) < 4.78 is 4.91. The molecule has 8 nitrogen and oxygen atoms in total. The fraction of sp³-hybridized carbons (Fsp3) is 0.400. The molecule has 1 aromatic heterocycles. The van der Waals surface area contributed by atoms with E-state index in [1.54, 1.807) is 0 Å². The van der Waals surface area contributed by atoms with E-state index in [1.165, 1.54) is 0 Å². The summed E-state index contributed by atoms with van der Waals surface area (Å²) in [5.41, 5.74) is 3.14. The lowest BCUT2D eigenvalue weighted by molar-refractivity contribution is -0.382. The largest absolute Gasteiger partial charge is 0.368 e. The molecule has 1 aliphatic heterocycles. The molecule has 0 bridgehead atoms. The Morgan fingerprint density at radius 2 is 1.79 bits per heavy atom. The highest BCUT2D eigenvalue weighted by atomic mass is 16.6. The smallest absolute Gasteiger partial charge is 0.323 e. The summed E-state index contributed by atoms with van der Waals surface area (Å²) in [5.74, 6) is 0. The predicted molar refractivity (Wildman–Crippen MR) is 108 cm³/mol. The zero-order chi connectivity index (χ0) is 19.5. The molecule has 1 fully saturated rings. The standard InChI is InChI=1S/C20H23N5O3/c1-23(14-15-9-5-4-6-10-15)16-13-17(24-11-7-2-3-8-12-24)20(25(26)27)19-18(16)21-28-22-19/h4-6,9-10,13H,2-3,7-8,11-12,14H2,1H3. The molecule has 0 unspecified atom stereocenters. The van der Waals surface area contributed by atoms with Gasteiger partial charge in [-0.2, -0.15) is 0 Å². The van der Waals surface area contributed by atoms with Crippen LogP contribution in [-0.4, -0.2) is 35.4 Å². The summed E-state index contributed by atoms with van der Waals surface area (Å²) in [6, 6.07) is 11.9. The third kappa shape index (κ3) is 3.49. The van der Waals surface area contributed by atoms with Crippen LogP contribution in [0.3, 0.4) is 0 Å². The average molecular weight is 381 g/mol. The van der Waals surface area contributed by atoms with Gasteiger partial charge in [0.1, 0.15) is 5.69 Å². The lowest BCUT2D eigenvalue weighted by Gasteiger charge is -2.25. The van der Waals surface area contributed by atoms with Gasteiger partial charge in [0.2, 0.25) is 5.52 Å². The number of rotatable bonds is 5. The Balaban J connectivity index is 1.81. The Kier molecular flexibility index (Phi) is 5.10. The second kappa shape index (κ2) is 7.84. The molecule has 0 saturated carbocycles. The number of nitrogens with zero attached hydrogens (tertiary/aromatic N) is 5. The van der Waals surface area contributed by atoms with Crippen molar-refractivity contribution in [3.05, 3.63) is 52.1 Å². The fourth-order valence-corrected chi connectivity index (χ4v) is 3.87. The molecule has 0 spiro atoms. The molecule has 0 amide bonds. The Labute approximate surface area is 162 Å². The first-order valence-corrected chi connectivity index (χ1v) is 9.59. The van der Waals surface area contributed by atoms with E-state index in [1.807, 2.05) is 36.2 Å². The zero-order valence-electron chi connectivity index (χ0n) is 15.9. The van der Waals surface area contributed by atoms with E-state index >= 15 is 0 Å². The predicted octanol–water partition coefficient (Wildman–Crippen LogP) is 4.15. The zero-order valence-corrected chi connectivity index (χ0v) is 15.9. The number of hydrogen-bond acceptors (Lipinski definition) is 7. The van der Waals surface area contributed by atoms with Gasteiger partial charge >= 0.3 is 5.69 Å². The molecule has 4 rings (SSSR count). The Bertz CT molecular complexity index is 965. The van der Waals surface area contributed by atoms with E-state index in [0.29, 0.717) is 17.7 Å². The van der Waals surface area contributed by atoms with Crippen molar-refractivity contribution in [3.63, 3.8) is 0 Å². The van der Waals surface area contributed by atoms with Gasteiger partial charge in [0.15, 0.2) is 5.52 Å². The molecule has 8 heteroatoms. The van der Waals surface area contributed by atoms with Crippen molar-refractivity contribution in [2.75, 3.05) is 29.9 Å². The van der Waals surface area contributed by atoms with Gasteiger partial charge in [-0.25, -0.2) is 4.63 Å². The summed E-state index contributed by atoms with van der Waals surface area (Å²) in [7, 11) is 1.95. The van der Waals surface area contributed by atoms with Gasteiger partial charge in [-0.05, 0) is 34.8 Å². The second-order valence-corrected chi connectivity index (χ2v) is 7.22. The highest BCUT2D eigenvalue weighted by Crippen LogP contribution is 2.41. The molecular formula is C20H23N5O3. The number of hydrogen-bond donors (Lipinski definition) is 0. The molecule has 0 radical (unpaired) electrons. The molecule has 0 N–H and O–H groups in total. The summed E-state index contributed by atoms with van der Waals surface area (Å²) in [5, 5.41) is 19.8. The lowest BCUT2D eigenvalue weighted by Crippen LogP contribution is -2.25. The van der Waals surface area contributed by atoms with Gasteiger partial charge in [0.05, 0.1) is 10.6 Å². The number of fused-ring (bicyclic) bond motifs is 1. The molecule has 2 aromatic carbocycles. The fourth-order valence-electron chi connectivity index (χ4n) is 3.87. The SMILES string of the molecule is CN(Cc1ccccc1)c1cc(N2CCCCCC2)c([N+](=O)[O-])c2nonc12. The minimum absolute atomic E-state index is 0.0185. The van der Waals surface area contributed by atoms with Gasteiger partial charge in [-0.3, -0.25) is 10.1 Å². The van der Waals surface area contributed by atoms with Crippen LogP contribution >= 0.6 is 0 Å². The molecule has 28 heavy (non-hydrogen) atoms. The number of nitro groups is 1. The van der Waals surface area contributed by atoms with Crippen molar-refractivity contribution in [3.8, 4) is 0 Å². The molecule has 2 heterocycles. The first-order chi connectivity index (χ1) is 13.6. The van der Waals surface area contributed by atoms with Gasteiger partial charge in [-0.15, -0.1) is 0 Å². The van der Waals surface area contributed by atoms with E-state index in [-0.39, 0.29) is 16.1 Å². The van der Waals surface area contributed by atoms with Crippen LogP contribution in [0.5, 0.6) is 0 Å². The maximum absolute atomic E-state index is 11.9. The van der Waals surface area contributed by atoms with Gasteiger partial charge in [0, 0.05) is 26.7 Å². The monoisotopic (exact) mass is 381 g/mol. The molecule has 1 saturated heterocycles. The molecule has 3 aromatic rings.